The van der Waals surface area contributed by atoms with E-state index < -0.39 is 0 Å². The highest BCUT2D eigenvalue weighted by Crippen LogP contribution is 2.28. The number of amides is 1. The van der Waals surface area contributed by atoms with Crippen LogP contribution in [0, 0.1) is 6.92 Å². The third kappa shape index (κ3) is 4.03. The number of carbonyl (C=O) groups is 1. The third-order valence-corrected chi connectivity index (χ3v) is 5.66. The van der Waals surface area contributed by atoms with Gasteiger partial charge in [0, 0.05) is 26.2 Å². The van der Waals surface area contributed by atoms with E-state index in [1.54, 1.807) is 18.1 Å². The lowest BCUT2D eigenvalue weighted by Gasteiger charge is -2.36. The molecule has 8 heteroatoms. The van der Waals surface area contributed by atoms with Gasteiger partial charge in [0.05, 0.1) is 31.7 Å². The number of rotatable bonds is 5. The Morgan fingerprint density at radius 2 is 1.50 bits per heavy atom. The number of para-hydroxylation sites is 3. The number of anilines is 1. The van der Waals surface area contributed by atoms with Crippen molar-refractivity contribution >= 4 is 11.6 Å². The first-order valence-electron chi connectivity index (χ1n) is 10.4. The number of piperazine rings is 1. The second-order valence-electron chi connectivity index (χ2n) is 7.55. The standard InChI is InChI=1S/C24H26N4O4/c1-17-8-4-5-9-18(17)28-22(29)16-21(32-3)23(25-28)24(30)27-14-12-26(13-15-27)19-10-6-7-11-20(19)31-2/h4-11,16H,12-15H2,1-3H3. The van der Waals surface area contributed by atoms with Gasteiger partial charge in [0.25, 0.3) is 11.5 Å². The molecule has 0 saturated carbocycles. The quantitative estimate of drug-likeness (QED) is 0.614. The number of ether oxygens (including phenoxy) is 2. The van der Waals surface area contributed by atoms with Gasteiger partial charge in [-0.2, -0.15) is 9.78 Å². The fourth-order valence-corrected chi connectivity index (χ4v) is 3.91. The number of hydrogen-bond acceptors (Lipinski definition) is 6. The zero-order valence-corrected chi connectivity index (χ0v) is 18.4. The van der Waals surface area contributed by atoms with E-state index in [0.29, 0.717) is 31.9 Å². The van der Waals surface area contributed by atoms with Crippen molar-refractivity contribution in [3.63, 3.8) is 0 Å². The summed E-state index contributed by atoms with van der Waals surface area (Å²) in [5.41, 5.74) is 2.30. The lowest BCUT2D eigenvalue weighted by molar-refractivity contribution is 0.0734. The van der Waals surface area contributed by atoms with Gasteiger partial charge in [-0.1, -0.05) is 30.3 Å². The summed E-state index contributed by atoms with van der Waals surface area (Å²) < 4.78 is 12.1. The highest BCUT2D eigenvalue weighted by atomic mass is 16.5. The van der Waals surface area contributed by atoms with Gasteiger partial charge in [-0.05, 0) is 30.7 Å². The van der Waals surface area contributed by atoms with E-state index in [1.165, 1.54) is 17.9 Å². The van der Waals surface area contributed by atoms with Gasteiger partial charge < -0.3 is 19.3 Å². The maximum atomic E-state index is 13.4. The van der Waals surface area contributed by atoms with Crippen LogP contribution in [0.4, 0.5) is 5.69 Å². The number of hydrogen-bond donors (Lipinski definition) is 0. The minimum atomic E-state index is -0.353. The molecular formula is C24H26N4O4. The molecule has 1 saturated heterocycles. The predicted molar refractivity (Wildman–Crippen MR) is 122 cm³/mol. The molecule has 0 atom stereocenters. The van der Waals surface area contributed by atoms with Crippen molar-refractivity contribution in [2.24, 2.45) is 0 Å². The summed E-state index contributed by atoms with van der Waals surface area (Å²) in [6, 6.07) is 16.6. The van der Waals surface area contributed by atoms with Crippen LogP contribution < -0.4 is 19.9 Å². The minimum Gasteiger partial charge on any atom is -0.495 e. The first-order chi connectivity index (χ1) is 15.5. The first kappa shape index (κ1) is 21.4. The second-order valence-corrected chi connectivity index (χ2v) is 7.55. The number of aromatic nitrogens is 2. The summed E-state index contributed by atoms with van der Waals surface area (Å²) >= 11 is 0. The predicted octanol–water partition coefficient (Wildman–Crippen LogP) is 2.52. The summed E-state index contributed by atoms with van der Waals surface area (Å²) in [6.07, 6.45) is 0. The molecule has 8 nitrogen and oxygen atoms in total. The van der Waals surface area contributed by atoms with Gasteiger partial charge in [0.2, 0.25) is 0 Å². The van der Waals surface area contributed by atoms with Crippen LogP contribution in [0.1, 0.15) is 16.1 Å². The molecule has 0 unspecified atom stereocenters. The van der Waals surface area contributed by atoms with E-state index in [2.05, 4.69) is 10.00 Å². The molecule has 0 N–H and O–H groups in total. The van der Waals surface area contributed by atoms with Gasteiger partial charge in [0.1, 0.15) is 5.75 Å². The van der Waals surface area contributed by atoms with E-state index in [1.807, 2.05) is 49.4 Å². The minimum absolute atomic E-state index is 0.126. The van der Waals surface area contributed by atoms with Crippen molar-refractivity contribution < 1.29 is 14.3 Å². The van der Waals surface area contributed by atoms with E-state index in [0.717, 1.165) is 17.0 Å². The maximum Gasteiger partial charge on any atom is 0.278 e. The summed E-state index contributed by atoms with van der Waals surface area (Å²) in [6.45, 7) is 4.25. The highest BCUT2D eigenvalue weighted by molar-refractivity contribution is 5.95. The molecule has 32 heavy (non-hydrogen) atoms. The molecule has 4 rings (SSSR count). The van der Waals surface area contributed by atoms with Crippen LogP contribution >= 0.6 is 0 Å². The molecule has 0 radical (unpaired) electrons. The summed E-state index contributed by atoms with van der Waals surface area (Å²) in [5, 5.41) is 4.41. The van der Waals surface area contributed by atoms with Crippen LogP contribution in [-0.4, -0.2) is 61.0 Å². The average molecular weight is 434 g/mol. The lowest BCUT2D eigenvalue weighted by Crippen LogP contribution is -2.49. The topological polar surface area (TPSA) is 76.9 Å². The van der Waals surface area contributed by atoms with Crippen LogP contribution in [0.25, 0.3) is 5.69 Å². The normalized spacial score (nSPS) is 13.7. The van der Waals surface area contributed by atoms with Gasteiger partial charge in [-0.3, -0.25) is 9.59 Å². The van der Waals surface area contributed by atoms with E-state index in [-0.39, 0.29) is 22.9 Å². The smallest absolute Gasteiger partial charge is 0.278 e. The molecule has 1 aromatic heterocycles. The Bertz CT molecular complexity index is 1180. The first-order valence-corrected chi connectivity index (χ1v) is 10.4. The van der Waals surface area contributed by atoms with Crippen molar-refractivity contribution in [3.05, 3.63) is 76.2 Å². The second kappa shape index (κ2) is 9.13. The van der Waals surface area contributed by atoms with Crippen molar-refractivity contribution in [1.29, 1.82) is 0 Å². The van der Waals surface area contributed by atoms with Crippen molar-refractivity contribution in [3.8, 4) is 17.2 Å². The van der Waals surface area contributed by atoms with Gasteiger partial charge in [-0.15, -0.1) is 0 Å². The fourth-order valence-electron chi connectivity index (χ4n) is 3.91. The Morgan fingerprint density at radius 3 is 2.16 bits per heavy atom. The summed E-state index contributed by atoms with van der Waals surface area (Å²) in [5.74, 6) is 0.724. The van der Waals surface area contributed by atoms with E-state index in [4.69, 9.17) is 9.47 Å². The monoisotopic (exact) mass is 434 g/mol. The number of benzene rings is 2. The molecule has 1 fully saturated rings. The van der Waals surface area contributed by atoms with Crippen LogP contribution in [0.3, 0.4) is 0 Å². The molecule has 1 aliphatic rings. The lowest BCUT2D eigenvalue weighted by atomic mass is 10.2. The zero-order chi connectivity index (χ0) is 22.7. The van der Waals surface area contributed by atoms with Crippen LogP contribution in [0.5, 0.6) is 11.5 Å². The number of nitrogens with zero attached hydrogens (tertiary/aromatic N) is 4. The van der Waals surface area contributed by atoms with E-state index in [9.17, 15) is 9.59 Å². The molecule has 0 bridgehead atoms. The molecule has 1 amide bonds. The zero-order valence-electron chi connectivity index (χ0n) is 18.4. The molecule has 166 valence electrons. The van der Waals surface area contributed by atoms with E-state index >= 15 is 0 Å². The molecular weight excluding hydrogens is 408 g/mol. The van der Waals surface area contributed by atoms with Gasteiger partial charge in [0.15, 0.2) is 11.4 Å². The summed E-state index contributed by atoms with van der Waals surface area (Å²) in [4.78, 5) is 29.9. The number of aryl methyl sites for hydroxylation is 1. The maximum absolute atomic E-state index is 13.4. The van der Waals surface area contributed by atoms with Crippen molar-refractivity contribution in [2.75, 3.05) is 45.3 Å². The molecule has 0 aliphatic carbocycles. The molecule has 3 aromatic rings. The van der Waals surface area contributed by atoms with Crippen LogP contribution in [-0.2, 0) is 0 Å². The fraction of sp³-hybridized carbons (Fsp3) is 0.292. The van der Waals surface area contributed by atoms with Gasteiger partial charge in [-0.25, -0.2) is 0 Å². The molecule has 2 aromatic carbocycles. The third-order valence-electron chi connectivity index (χ3n) is 5.66. The van der Waals surface area contributed by atoms with Crippen molar-refractivity contribution in [2.45, 2.75) is 6.92 Å². The number of carbonyl (C=O) groups excluding carboxylic acids is 1. The largest absolute Gasteiger partial charge is 0.495 e. The Morgan fingerprint density at radius 1 is 0.875 bits per heavy atom. The number of methoxy groups -OCH3 is 2. The highest BCUT2D eigenvalue weighted by Gasteiger charge is 2.28. The Hall–Kier alpha value is -3.81. The van der Waals surface area contributed by atoms with Crippen LogP contribution in [0.15, 0.2) is 59.4 Å². The summed E-state index contributed by atoms with van der Waals surface area (Å²) in [7, 11) is 3.09. The van der Waals surface area contributed by atoms with Gasteiger partial charge >= 0.3 is 0 Å². The molecule has 2 heterocycles. The SMILES string of the molecule is COc1ccccc1N1CCN(C(=O)c2nn(-c3ccccc3C)c(=O)cc2OC)CC1. The average Bonchev–Trinajstić information content (AvgIpc) is 2.84. The Balaban J connectivity index is 1.59. The molecule has 0 spiro atoms. The molecule has 1 aliphatic heterocycles. The van der Waals surface area contributed by atoms with Crippen LogP contribution in [0.2, 0.25) is 0 Å². The Kier molecular flexibility index (Phi) is 6.11. The van der Waals surface area contributed by atoms with Crippen molar-refractivity contribution in [1.82, 2.24) is 14.7 Å². The Labute approximate surface area is 186 Å².